The molecule has 0 saturated heterocycles. The third-order valence-corrected chi connectivity index (χ3v) is 4.69. The summed E-state index contributed by atoms with van der Waals surface area (Å²) in [5, 5.41) is 12.8. The summed E-state index contributed by atoms with van der Waals surface area (Å²) >= 11 is 0. The number of aromatic nitrogens is 5. The highest BCUT2D eigenvalue weighted by molar-refractivity contribution is 6.00. The highest BCUT2D eigenvalue weighted by Gasteiger charge is 2.26. The predicted octanol–water partition coefficient (Wildman–Crippen LogP) is 1.28. The van der Waals surface area contributed by atoms with E-state index in [4.69, 9.17) is 4.74 Å². The summed E-state index contributed by atoms with van der Waals surface area (Å²) in [6.07, 6.45) is 4.80. The van der Waals surface area contributed by atoms with Crippen LogP contribution in [0.1, 0.15) is 33.8 Å². The second-order valence-corrected chi connectivity index (χ2v) is 7.04. The van der Waals surface area contributed by atoms with E-state index < -0.39 is 5.91 Å². The molecule has 1 aliphatic rings. The number of carbonyl (C=O) groups is 2. The van der Waals surface area contributed by atoms with Gasteiger partial charge in [-0.25, -0.2) is 15.0 Å². The molecule has 11 nitrogen and oxygen atoms in total. The van der Waals surface area contributed by atoms with Crippen molar-refractivity contribution in [2.24, 2.45) is 7.05 Å². The fourth-order valence-electron chi connectivity index (χ4n) is 2.99. The van der Waals surface area contributed by atoms with Gasteiger partial charge in [0.15, 0.2) is 11.6 Å². The number of hydrogen-bond donors (Lipinski definition) is 3. The van der Waals surface area contributed by atoms with Crippen LogP contribution in [0.4, 0.5) is 11.5 Å². The standard InChI is InChI=1S/C20H22N8O3/c1-21-19(29)13-9-22-18(20(30)24-11-7-8-11)26-17(13)25-14-6-4-5-12(15(14)31-3)16-23-10-28(2)27-16/h4-6,9-11H,7-8H2,1-3H3,(H,21,29)(H,24,30)(H,22,25,26). The Morgan fingerprint density at radius 3 is 2.65 bits per heavy atom. The maximum atomic E-state index is 12.4. The number of ether oxygens (including phenoxy) is 1. The number of anilines is 2. The van der Waals surface area contributed by atoms with E-state index in [2.05, 4.69) is 36.0 Å². The normalized spacial score (nSPS) is 12.9. The van der Waals surface area contributed by atoms with Gasteiger partial charge < -0.3 is 20.7 Å². The zero-order valence-corrected chi connectivity index (χ0v) is 17.3. The van der Waals surface area contributed by atoms with E-state index in [1.165, 1.54) is 20.4 Å². The van der Waals surface area contributed by atoms with Gasteiger partial charge in [0.1, 0.15) is 17.7 Å². The molecule has 3 aromatic rings. The van der Waals surface area contributed by atoms with Gasteiger partial charge >= 0.3 is 0 Å². The highest BCUT2D eigenvalue weighted by Crippen LogP contribution is 2.36. The Balaban J connectivity index is 1.73. The molecule has 2 heterocycles. The Kier molecular flexibility index (Phi) is 5.48. The van der Waals surface area contributed by atoms with E-state index in [0.29, 0.717) is 22.8 Å². The average molecular weight is 422 g/mol. The van der Waals surface area contributed by atoms with Crippen LogP contribution in [-0.2, 0) is 7.05 Å². The molecule has 1 aliphatic carbocycles. The number of aryl methyl sites for hydroxylation is 1. The van der Waals surface area contributed by atoms with Crippen molar-refractivity contribution in [3.8, 4) is 17.1 Å². The van der Waals surface area contributed by atoms with Crippen molar-refractivity contribution >= 4 is 23.3 Å². The number of nitrogens with zero attached hydrogens (tertiary/aromatic N) is 5. The van der Waals surface area contributed by atoms with Crippen molar-refractivity contribution in [1.29, 1.82) is 0 Å². The molecule has 160 valence electrons. The van der Waals surface area contributed by atoms with Crippen molar-refractivity contribution in [1.82, 2.24) is 35.4 Å². The molecule has 3 N–H and O–H groups in total. The molecule has 11 heteroatoms. The Morgan fingerprint density at radius 1 is 1.19 bits per heavy atom. The maximum absolute atomic E-state index is 12.4. The van der Waals surface area contributed by atoms with Gasteiger partial charge in [0.05, 0.1) is 18.4 Å². The van der Waals surface area contributed by atoms with Crippen molar-refractivity contribution in [3.63, 3.8) is 0 Å². The first-order valence-corrected chi connectivity index (χ1v) is 9.70. The van der Waals surface area contributed by atoms with Crippen LogP contribution in [0.2, 0.25) is 0 Å². The molecule has 0 unspecified atom stereocenters. The minimum atomic E-state index is -0.391. The zero-order chi connectivity index (χ0) is 22.0. The zero-order valence-electron chi connectivity index (χ0n) is 17.3. The van der Waals surface area contributed by atoms with Crippen LogP contribution in [0, 0.1) is 0 Å². The van der Waals surface area contributed by atoms with Gasteiger partial charge in [-0.15, -0.1) is 0 Å². The third kappa shape index (κ3) is 4.29. The quantitative estimate of drug-likeness (QED) is 0.518. The van der Waals surface area contributed by atoms with E-state index >= 15 is 0 Å². The van der Waals surface area contributed by atoms with Gasteiger partial charge in [-0.05, 0) is 25.0 Å². The van der Waals surface area contributed by atoms with Crippen molar-refractivity contribution in [3.05, 3.63) is 42.1 Å². The number of rotatable bonds is 7. The monoisotopic (exact) mass is 422 g/mol. The summed E-state index contributed by atoms with van der Waals surface area (Å²) in [6, 6.07) is 5.56. The molecule has 1 fully saturated rings. The number of para-hydroxylation sites is 1. The average Bonchev–Trinajstić information content (AvgIpc) is 3.49. The summed E-state index contributed by atoms with van der Waals surface area (Å²) in [4.78, 5) is 37.4. The fraction of sp³-hybridized carbons (Fsp3) is 0.300. The van der Waals surface area contributed by atoms with E-state index in [9.17, 15) is 9.59 Å². The second kappa shape index (κ2) is 8.38. The van der Waals surface area contributed by atoms with Crippen LogP contribution in [0.15, 0.2) is 30.7 Å². The molecule has 0 aliphatic heterocycles. The van der Waals surface area contributed by atoms with E-state index in [1.54, 1.807) is 30.2 Å². The molecule has 0 radical (unpaired) electrons. The number of benzene rings is 1. The Morgan fingerprint density at radius 2 is 2.00 bits per heavy atom. The largest absolute Gasteiger partial charge is 0.494 e. The number of nitrogens with one attached hydrogen (secondary N) is 3. The lowest BCUT2D eigenvalue weighted by Crippen LogP contribution is -2.28. The molecule has 1 aromatic carbocycles. The number of hydrogen-bond acceptors (Lipinski definition) is 8. The third-order valence-electron chi connectivity index (χ3n) is 4.69. The molecule has 0 spiro atoms. The number of methoxy groups -OCH3 is 1. The van der Waals surface area contributed by atoms with Crippen LogP contribution in [0.25, 0.3) is 11.4 Å². The molecule has 1 saturated carbocycles. The lowest BCUT2D eigenvalue weighted by atomic mass is 10.1. The van der Waals surface area contributed by atoms with Crippen molar-refractivity contribution in [2.45, 2.75) is 18.9 Å². The van der Waals surface area contributed by atoms with Crippen molar-refractivity contribution < 1.29 is 14.3 Å². The first-order chi connectivity index (χ1) is 15.0. The molecule has 31 heavy (non-hydrogen) atoms. The maximum Gasteiger partial charge on any atom is 0.289 e. The van der Waals surface area contributed by atoms with Gasteiger partial charge in [0.2, 0.25) is 5.82 Å². The minimum absolute atomic E-state index is 0.0245. The lowest BCUT2D eigenvalue weighted by Gasteiger charge is -2.15. The number of amides is 2. The summed E-state index contributed by atoms with van der Waals surface area (Å²) in [5.41, 5.74) is 1.38. The molecule has 0 bridgehead atoms. The topological polar surface area (TPSA) is 136 Å². The van der Waals surface area contributed by atoms with Gasteiger partial charge in [-0.2, -0.15) is 5.10 Å². The SMILES string of the molecule is CNC(=O)c1cnc(C(=O)NC2CC2)nc1Nc1cccc(-c2ncn(C)n2)c1OC. The molecular weight excluding hydrogens is 400 g/mol. The van der Waals surface area contributed by atoms with Crippen LogP contribution >= 0.6 is 0 Å². The summed E-state index contributed by atoms with van der Waals surface area (Å²) < 4.78 is 7.19. The fourth-order valence-corrected chi connectivity index (χ4v) is 2.99. The van der Waals surface area contributed by atoms with Crippen LogP contribution in [0.3, 0.4) is 0 Å². The van der Waals surface area contributed by atoms with E-state index in [-0.39, 0.29) is 29.2 Å². The van der Waals surface area contributed by atoms with Crippen LogP contribution in [-0.4, -0.2) is 56.7 Å². The predicted molar refractivity (Wildman–Crippen MR) is 112 cm³/mol. The highest BCUT2D eigenvalue weighted by atomic mass is 16.5. The first-order valence-electron chi connectivity index (χ1n) is 9.70. The molecule has 2 aromatic heterocycles. The van der Waals surface area contributed by atoms with E-state index in [1.807, 2.05) is 6.07 Å². The lowest BCUT2D eigenvalue weighted by molar-refractivity contribution is 0.0933. The Bertz CT molecular complexity index is 1140. The summed E-state index contributed by atoms with van der Waals surface area (Å²) in [6.45, 7) is 0. The van der Waals surface area contributed by atoms with Crippen molar-refractivity contribution in [2.75, 3.05) is 19.5 Å². The first kappa shape index (κ1) is 20.3. The minimum Gasteiger partial charge on any atom is -0.494 e. The van der Waals surface area contributed by atoms with Crippen LogP contribution in [0.5, 0.6) is 5.75 Å². The van der Waals surface area contributed by atoms with Gasteiger partial charge in [0, 0.05) is 26.3 Å². The van der Waals surface area contributed by atoms with Crippen LogP contribution < -0.4 is 20.7 Å². The Hall–Kier alpha value is -4.02. The second-order valence-electron chi connectivity index (χ2n) is 7.04. The van der Waals surface area contributed by atoms with Gasteiger partial charge in [-0.1, -0.05) is 6.07 Å². The summed E-state index contributed by atoms with van der Waals surface area (Å²) in [7, 11) is 4.81. The van der Waals surface area contributed by atoms with E-state index in [0.717, 1.165) is 12.8 Å². The molecule has 0 atom stereocenters. The number of carbonyl (C=O) groups excluding carboxylic acids is 2. The molecular formula is C20H22N8O3. The van der Waals surface area contributed by atoms with Gasteiger partial charge in [0.25, 0.3) is 11.8 Å². The Labute approximate surface area is 178 Å². The summed E-state index contributed by atoms with van der Waals surface area (Å²) in [5.74, 6) is 0.342. The smallest absolute Gasteiger partial charge is 0.289 e. The molecule has 2 amide bonds. The molecule has 4 rings (SSSR count). The van der Waals surface area contributed by atoms with Gasteiger partial charge in [-0.3, -0.25) is 14.3 Å².